The van der Waals surface area contributed by atoms with Gasteiger partial charge in [0.1, 0.15) is 0 Å². The number of rotatable bonds is 6. The average molecular weight is 230 g/mol. The Hall–Kier alpha value is -0.540. The molecule has 0 saturated heterocycles. The van der Waals surface area contributed by atoms with E-state index in [-0.39, 0.29) is 0 Å². The molecule has 1 aromatic rings. The third kappa shape index (κ3) is 3.84. The van der Waals surface area contributed by atoms with Gasteiger partial charge in [-0.25, -0.2) is 0 Å². The van der Waals surface area contributed by atoms with Crippen molar-refractivity contribution in [3.8, 4) is 0 Å². The van der Waals surface area contributed by atoms with Gasteiger partial charge < -0.3 is 0 Å². The molecule has 0 amide bonds. The van der Waals surface area contributed by atoms with Crippen molar-refractivity contribution < 1.29 is 0 Å². The largest absolute Gasteiger partial charge is 0.297 e. The maximum absolute atomic E-state index is 5.73. The highest BCUT2D eigenvalue weighted by Gasteiger charge is 2.06. The zero-order valence-corrected chi connectivity index (χ0v) is 10.5. The van der Waals surface area contributed by atoms with Crippen molar-refractivity contribution in [2.24, 2.45) is 0 Å². The molecule has 0 fully saturated rings. The summed E-state index contributed by atoms with van der Waals surface area (Å²) in [5.41, 5.74) is 1.12. The van der Waals surface area contributed by atoms with E-state index in [2.05, 4.69) is 36.8 Å². The minimum Gasteiger partial charge on any atom is -0.297 e. The van der Waals surface area contributed by atoms with Crippen LogP contribution in [0.25, 0.3) is 0 Å². The monoisotopic (exact) mass is 229 g/mol. The van der Waals surface area contributed by atoms with E-state index in [9.17, 15) is 0 Å². The molecule has 0 aliphatic heterocycles. The Labute approximate surface area is 97.0 Å². The maximum atomic E-state index is 5.73. The fraction of sp³-hybridized carbons (Fsp3) is 0.727. The van der Waals surface area contributed by atoms with E-state index >= 15 is 0 Å². The van der Waals surface area contributed by atoms with Gasteiger partial charge in [-0.05, 0) is 26.5 Å². The first-order valence-electron chi connectivity index (χ1n) is 5.49. The molecule has 86 valence electrons. The van der Waals surface area contributed by atoms with Crippen molar-refractivity contribution in [3.05, 3.63) is 18.0 Å². The summed E-state index contributed by atoms with van der Waals surface area (Å²) >= 11 is 5.73. The second-order valence-electron chi connectivity index (χ2n) is 3.94. The van der Waals surface area contributed by atoms with Gasteiger partial charge in [-0.3, -0.25) is 9.58 Å². The first-order chi connectivity index (χ1) is 7.17. The summed E-state index contributed by atoms with van der Waals surface area (Å²) in [5, 5.41) is 4.51. The van der Waals surface area contributed by atoms with Crippen LogP contribution in [0, 0.1) is 0 Å². The lowest BCUT2D eigenvalue weighted by Crippen LogP contribution is -2.25. The molecule has 1 rings (SSSR count). The summed E-state index contributed by atoms with van der Waals surface area (Å²) in [7, 11) is 0. The molecule has 0 spiro atoms. The number of alkyl halides is 1. The minimum atomic E-state index is 0.432. The first kappa shape index (κ1) is 12.5. The molecule has 0 saturated carbocycles. The summed E-state index contributed by atoms with van der Waals surface area (Å²) in [6, 6.07) is 2.51. The highest BCUT2D eigenvalue weighted by atomic mass is 35.5. The topological polar surface area (TPSA) is 21.1 Å². The third-order valence-corrected chi connectivity index (χ3v) is 2.60. The van der Waals surface area contributed by atoms with E-state index in [1.807, 2.05) is 10.9 Å². The van der Waals surface area contributed by atoms with Crippen LogP contribution in [0.1, 0.15) is 32.5 Å². The molecule has 15 heavy (non-hydrogen) atoms. The Kier molecular flexibility index (Phi) is 5.12. The van der Waals surface area contributed by atoms with E-state index in [0.717, 1.165) is 25.3 Å². The highest BCUT2D eigenvalue weighted by molar-refractivity contribution is 6.18. The minimum absolute atomic E-state index is 0.432. The van der Waals surface area contributed by atoms with Crippen LogP contribution in [-0.2, 0) is 6.54 Å². The Morgan fingerprint density at radius 1 is 1.53 bits per heavy atom. The summed E-state index contributed by atoms with van der Waals surface area (Å²) in [5.74, 6) is 0.679. The van der Waals surface area contributed by atoms with Gasteiger partial charge in [-0.15, -0.1) is 11.6 Å². The number of hydrogen-bond donors (Lipinski definition) is 0. The van der Waals surface area contributed by atoms with Crippen molar-refractivity contribution in [1.29, 1.82) is 0 Å². The highest BCUT2D eigenvalue weighted by Crippen LogP contribution is 2.06. The van der Waals surface area contributed by atoms with Gasteiger partial charge in [0.05, 0.1) is 5.69 Å². The van der Waals surface area contributed by atoms with Crippen molar-refractivity contribution in [1.82, 2.24) is 14.7 Å². The van der Waals surface area contributed by atoms with E-state index in [1.165, 1.54) is 0 Å². The van der Waals surface area contributed by atoms with E-state index in [0.29, 0.717) is 11.9 Å². The molecule has 0 aromatic carbocycles. The average Bonchev–Trinajstić information content (AvgIpc) is 2.65. The molecule has 0 N–H and O–H groups in total. The van der Waals surface area contributed by atoms with Crippen molar-refractivity contribution in [2.45, 2.75) is 33.4 Å². The molecule has 0 aliphatic carbocycles. The SMILES string of the molecule is CCN(CCCl)Cc1ccn(C(C)C)n1. The quantitative estimate of drug-likeness (QED) is 0.699. The Morgan fingerprint density at radius 2 is 2.27 bits per heavy atom. The van der Waals surface area contributed by atoms with Gasteiger partial charge in [0.15, 0.2) is 0 Å². The molecule has 0 atom stereocenters. The summed E-state index contributed by atoms with van der Waals surface area (Å²) in [6.07, 6.45) is 2.04. The zero-order chi connectivity index (χ0) is 11.3. The number of hydrogen-bond acceptors (Lipinski definition) is 2. The summed E-state index contributed by atoms with van der Waals surface area (Å²) in [6.45, 7) is 9.24. The lowest BCUT2D eigenvalue weighted by molar-refractivity contribution is 0.292. The second-order valence-corrected chi connectivity index (χ2v) is 4.32. The predicted octanol–water partition coefficient (Wildman–Crippen LogP) is 2.52. The van der Waals surface area contributed by atoms with Gasteiger partial charge >= 0.3 is 0 Å². The van der Waals surface area contributed by atoms with Crippen LogP contribution < -0.4 is 0 Å². The molecule has 1 aromatic heterocycles. The van der Waals surface area contributed by atoms with Gasteiger partial charge in [-0.2, -0.15) is 5.10 Å². The molecular formula is C11H20ClN3. The van der Waals surface area contributed by atoms with Crippen molar-refractivity contribution >= 4 is 11.6 Å². The van der Waals surface area contributed by atoms with Crippen LogP contribution in [0.2, 0.25) is 0 Å². The number of nitrogens with zero attached hydrogens (tertiary/aromatic N) is 3. The van der Waals surface area contributed by atoms with Gasteiger partial charge in [0, 0.05) is 31.2 Å². The molecular weight excluding hydrogens is 210 g/mol. The van der Waals surface area contributed by atoms with Crippen molar-refractivity contribution in [2.75, 3.05) is 19.0 Å². The van der Waals surface area contributed by atoms with Crippen LogP contribution in [-0.4, -0.2) is 33.6 Å². The van der Waals surface area contributed by atoms with Crippen LogP contribution in [0.3, 0.4) is 0 Å². The fourth-order valence-electron chi connectivity index (χ4n) is 1.45. The Morgan fingerprint density at radius 3 is 2.73 bits per heavy atom. The Balaban J connectivity index is 2.55. The normalized spacial score (nSPS) is 11.6. The third-order valence-electron chi connectivity index (χ3n) is 2.43. The van der Waals surface area contributed by atoms with Gasteiger partial charge in [0.25, 0.3) is 0 Å². The molecule has 0 bridgehead atoms. The standard InChI is InChI=1S/C11H20ClN3/c1-4-14(8-6-12)9-11-5-7-15(13-11)10(2)3/h5,7,10H,4,6,8-9H2,1-3H3. The van der Waals surface area contributed by atoms with Crippen LogP contribution in [0.15, 0.2) is 12.3 Å². The van der Waals surface area contributed by atoms with E-state index in [4.69, 9.17) is 11.6 Å². The lowest BCUT2D eigenvalue weighted by atomic mass is 10.4. The zero-order valence-electron chi connectivity index (χ0n) is 9.78. The number of halogens is 1. The molecule has 0 unspecified atom stereocenters. The molecule has 1 heterocycles. The molecule has 3 nitrogen and oxygen atoms in total. The van der Waals surface area contributed by atoms with Gasteiger partial charge in [-0.1, -0.05) is 6.92 Å². The molecule has 0 aliphatic rings. The smallest absolute Gasteiger partial charge is 0.0764 e. The Bertz CT molecular complexity index is 283. The molecule has 4 heteroatoms. The summed E-state index contributed by atoms with van der Waals surface area (Å²) in [4.78, 5) is 2.29. The van der Waals surface area contributed by atoms with Crippen LogP contribution in [0.5, 0.6) is 0 Å². The lowest BCUT2D eigenvalue weighted by Gasteiger charge is -2.17. The van der Waals surface area contributed by atoms with E-state index < -0.39 is 0 Å². The second kappa shape index (κ2) is 6.13. The maximum Gasteiger partial charge on any atom is 0.0764 e. The predicted molar refractivity (Wildman–Crippen MR) is 64.3 cm³/mol. The summed E-state index contributed by atoms with van der Waals surface area (Å²) < 4.78 is 1.99. The van der Waals surface area contributed by atoms with Crippen LogP contribution >= 0.6 is 11.6 Å². The molecule has 0 radical (unpaired) electrons. The van der Waals surface area contributed by atoms with Gasteiger partial charge in [0.2, 0.25) is 0 Å². The van der Waals surface area contributed by atoms with Crippen molar-refractivity contribution in [3.63, 3.8) is 0 Å². The fourth-order valence-corrected chi connectivity index (χ4v) is 1.69. The number of aromatic nitrogens is 2. The van der Waals surface area contributed by atoms with E-state index in [1.54, 1.807) is 0 Å². The van der Waals surface area contributed by atoms with Crippen LogP contribution in [0.4, 0.5) is 0 Å². The first-order valence-corrected chi connectivity index (χ1v) is 6.03.